The van der Waals surface area contributed by atoms with Gasteiger partial charge in [-0.1, -0.05) is 6.92 Å². The van der Waals surface area contributed by atoms with E-state index in [1.165, 1.54) is 12.1 Å². The van der Waals surface area contributed by atoms with E-state index in [0.29, 0.717) is 12.8 Å². The molecule has 4 nitrogen and oxygen atoms in total. The number of ketones is 1. The van der Waals surface area contributed by atoms with E-state index in [1.807, 2.05) is 6.92 Å². The number of carbonyl (C=O) groups excluding carboxylic acids is 1. The zero-order chi connectivity index (χ0) is 12.7. The third-order valence-electron chi connectivity index (χ3n) is 2.31. The number of thioether (sulfide) groups is 1. The molecule has 0 aromatic heterocycles. The first-order chi connectivity index (χ1) is 8.13. The van der Waals surface area contributed by atoms with Gasteiger partial charge in [0.25, 0.3) is 5.69 Å². The van der Waals surface area contributed by atoms with E-state index < -0.39 is 4.92 Å². The minimum Gasteiger partial charge on any atom is -0.300 e. The van der Waals surface area contributed by atoms with Crippen LogP contribution in [0, 0.1) is 10.1 Å². The fraction of sp³-hybridized carbons (Fsp3) is 0.417. The predicted octanol–water partition coefficient (Wildman–Crippen LogP) is 3.45. The van der Waals surface area contributed by atoms with Crippen LogP contribution in [0.5, 0.6) is 0 Å². The van der Waals surface area contributed by atoms with Crippen LogP contribution in [-0.4, -0.2) is 16.5 Å². The molecule has 0 aliphatic heterocycles. The molecule has 0 atom stereocenters. The van der Waals surface area contributed by atoms with Gasteiger partial charge in [0.1, 0.15) is 5.78 Å². The highest BCUT2D eigenvalue weighted by atomic mass is 32.2. The second kappa shape index (κ2) is 7.06. The first-order valence-corrected chi connectivity index (χ1v) is 6.51. The van der Waals surface area contributed by atoms with Crippen molar-refractivity contribution in [3.63, 3.8) is 0 Å². The van der Waals surface area contributed by atoms with Crippen LogP contribution in [0.25, 0.3) is 0 Å². The van der Waals surface area contributed by atoms with Crippen molar-refractivity contribution in [2.24, 2.45) is 0 Å². The molecule has 1 aromatic rings. The molecule has 0 radical (unpaired) electrons. The number of non-ortho nitro benzene ring substituents is 1. The van der Waals surface area contributed by atoms with Gasteiger partial charge >= 0.3 is 0 Å². The molecule has 0 saturated carbocycles. The molecular weight excluding hydrogens is 238 g/mol. The molecule has 0 fully saturated rings. The number of hydrogen-bond acceptors (Lipinski definition) is 4. The van der Waals surface area contributed by atoms with E-state index in [1.54, 1.807) is 23.9 Å². The van der Waals surface area contributed by atoms with E-state index >= 15 is 0 Å². The second-order valence-corrected chi connectivity index (χ2v) is 4.76. The van der Waals surface area contributed by atoms with Crippen LogP contribution < -0.4 is 0 Å². The summed E-state index contributed by atoms with van der Waals surface area (Å²) in [5.41, 5.74) is 0.107. The molecule has 0 heterocycles. The summed E-state index contributed by atoms with van der Waals surface area (Å²) in [4.78, 5) is 22.1. The van der Waals surface area contributed by atoms with Crippen molar-refractivity contribution in [1.29, 1.82) is 0 Å². The molecular formula is C12H15NO3S. The number of rotatable bonds is 7. The molecule has 5 heteroatoms. The highest BCUT2D eigenvalue weighted by molar-refractivity contribution is 7.99. The third kappa shape index (κ3) is 4.99. The lowest BCUT2D eigenvalue weighted by Gasteiger charge is -2.00. The highest BCUT2D eigenvalue weighted by Crippen LogP contribution is 2.22. The Balaban J connectivity index is 2.32. The van der Waals surface area contributed by atoms with Gasteiger partial charge in [0.05, 0.1) is 4.92 Å². The van der Waals surface area contributed by atoms with E-state index in [4.69, 9.17) is 0 Å². The Bertz CT molecular complexity index is 389. The normalized spacial score (nSPS) is 10.2. The molecule has 0 bridgehead atoms. The van der Waals surface area contributed by atoms with Crippen molar-refractivity contribution < 1.29 is 9.72 Å². The third-order valence-corrected chi connectivity index (χ3v) is 3.41. The van der Waals surface area contributed by atoms with Crippen LogP contribution in [-0.2, 0) is 4.79 Å². The van der Waals surface area contributed by atoms with E-state index in [-0.39, 0.29) is 11.5 Å². The van der Waals surface area contributed by atoms with Crippen LogP contribution in [0.1, 0.15) is 26.2 Å². The molecule has 0 unspecified atom stereocenters. The summed E-state index contributed by atoms with van der Waals surface area (Å²) in [7, 11) is 0. The average molecular weight is 253 g/mol. The number of carbonyl (C=O) groups is 1. The van der Waals surface area contributed by atoms with Gasteiger partial charge in [0.2, 0.25) is 0 Å². The lowest BCUT2D eigenvalue weighted by Crippen LogP contribution is -1.95. The Hall–Kier alpha value is -1.36. The zero-order valence-electron chi connectivity index (χ0n) is 9.72. The summed E-state index contributed by atoms with van der Waals surface area (Å²) in [6, 6.07) is 6.48. The number of hydrogen-bond donors (Lipinski definition) is 0. The first-order valence-electron chi connectivity index (χ1n) is 5.52. The van der Waals surface area contributed by atoms with E-state index in [2.05, 4.69) is 0 Å². The van der Waals surface area contributed by atoms with Crippen LogP contribution in [0.4, 0.5) is 5.69 Å². The smallest absolute Gasteiger partial charge is 0.269 e. The molecule has 0 N–H and O–H groups in total. The van der Waals surface area contributed by atoms with Gasteiger partial charge in [-0.25, -0.2) is 0 Å². The fourth-order valence-electron chi connectivity index (χ4n) is 1.30. The Morgan fingerprint density at radius 2 is 2.00 bits per heavy atom. The number of benzene rings is 1. The molecule has 0 spiro atoms. The summed E-state index contributed by atoms with van der Waals surface area (Å²) >= 11 is 1.62. The molecule has 1 rings (SSSR count). The van der Waals surface area contributed by atoms with Gasteiger partial charge in [-0.3, -0.25) is 14.9 Å². The maximum atomic E-state index is 11.1. The average Bonchev–Trinajstić information content (AvgIpc) is 2.34. The zero-order valence-corrected chi connectivity index (χ0v) is 10.5. The number of Topliss-reactive ketones (excluding diaryl/α,β-unsaturated/α-hetero) is 1. The fourth-order valence-corrected chi connectivity index (χ4v) is 2.15. The van der Waals surface area contributed by atoms with Crippen molar-refractivity contribution in [3.8, 4) is 0 Å². The van der Waals surface area contributed by atoms with E-state index in [0.717, 1.165) is 17.1 Å². The number of nitrogens with zero attached hydrogens (tertiary/aromatic N) is 1. The summed E-state index contributed by atoms with van der Waals surface area (Å²) < 4.78 is 0. The summed E-state index contributed by atoms with van der Waals surface area (Å²) in [6.45, 7) is 1.87. The molecule has 0 saturated heterocycles. The van der Waals surface area contributed by atoms with Gasteiger partial charge < -0.3 is 0 Å². The minimum atomic E-state index is -0.408. The SMILES string of the molecule is CCC(=O)CCCSc1ccc([N+](=O)[O-])cc1. The molecule has 0 aliphatic rings. The molecule has 1 aromatic carbocycles. The maximum Gasteiger partial charge on any atom is 0.269 e. The molecule has 0 amide bonds. The summed E-state index contributed by atoms with van der Waals surface area (Å²) in [5, 5.41) is 10.4. The van der Waals surface area contributed by atoms with Gasteiger partial charge in [-0.05, 0) is 24.3 Å². The number of nitro groups is 1. The monoisotopic (exact) mass is 253 g/mol. The first kappa shape index (κ1) is 13.7. The van der Waals surface area contributed by atoms with Crippen molar-refractivity contribution in [3.05, 3.63) is 34.4 Å². The van der Waals surface area contributed by atoms with E-state index in [9.17, 15) is 14.9 Å². The predicted molar refractivity (Wildman–Crippen MR) is 68.4 cm³/mol. The van der Waals surface area contributed by atoms with Gasteiger partial charge in [0, 0.05) is 29.9 Å². The lowest BCUT2D eigenvalue weighted by atomic mass is 10.2. The van der Waals surface area contributed by atoms with Crippen molar-refractivity contribution >= 4 is 23.2 Å². The second-order valence-electron chi connectivity index (χ2n) is 3.60. The standard InChI is InChI=1S/C12H15NO3S/c1-2-11(14)4-3-9-17-12-7-5-10(6-8-12)13(15)16/h5-8H,2-4,9H2,1H3. The maximum absolute atomic E-state index is 11.1. The minimum absolute atomic E-state index is 0.107. The Morgan fingerprint density at radius 1 is 1.35 bits per heavy atom. The lowest BCUT2D eigenvalue weighted by molar-refractivity contribution is -0.384. The summed E-state index contributed by atoms with van der Waals surface area (Å²) in [6.07, 6.45) is 2.08. The van der Waals surface area contributed by atoms with Crippen molar-refractivity contribution in [1.82, 2.24) is 0 Å². The Morgan fingerprint density at radius 3 is 2.53 bits per heavy atom. The topological polar surface area (TPSA) is 60.2 Å². The Labute approximate surface area is 105 Å². The van der Waals surface area contributed by atoms with Crippen molar-refractivity contribution in [2.75, 3.05) is 5.75 Å². The number of nitro benzene ring substituents is 1. The van der Waals surface area contributed by atoms with Gasteiger partial charge in [-0.15, -0.1) is 11.8 Å². The Kier molecular flexibility index (Phi) is 5.69. The van der Waals surface area contributed by atoms with Crippen LogP contribution in [0.2, 0.25) is 0 Å². The van der Waals surface area contributed by atoms with Crippen LogP contribution in [0.15, 0.2) is 29.2 Å². The van der Waals surface area contributed by atoms with Gasteiger partial charge in [0.15, 0.2) is 0 Å². The largest absolute Gasteiger partial charge is 0.300 e. The molecule has 0 aliphatic carbocycles. The highest BCUT2D eigenvalue weighted by Gasteiger charge is 2.04. The quantitative estimate of drug-likeness (QED) is 0.323. The van der Waals surface area contributed by atoms with Crippen molar-refractivity contribution in [2.45, 2.75) is 31.1 Å². The molecule has 17 heavy (non-hydrogen) atoms. The summed E-state index contributed by atoms with van der Waals surface area (Å²) in [5.74, 6) is 1.15. The van der Waals surface area contributed by atoms with Gasteiger partial charge in [-0.2, -0.15) is 0 Å². The molecule has 92 valence electrons. The van der Waals surface area contributed by atoms with Crippen LogP contribution >= 0.6 is 11.8 Å². The van der Waals surface area contributed by atoms with Crippen LogP contribution in [0.3, 0.4) is 0 Å².